The Hall–Kier alpha value is -11.4. The lowest BCUT2D eigenvalue weighted by molar-refractivity contribution is -0.146. The Bertz CT molecular complexity index is 4890. The number of nitrogens with two attached hydrogens (primary N) is 3. The van der Waals surface area contributed by atoms with E-state index in [2.05, 4.69) is 51.8 Å². The minimum absolute atomic E-state index is 0. The normalized spacial score (nSPS) is 22.3. The van der Waals surface area contributed by atoms with Gasteiger partial charge in [0.2, 0.25) is 23.6 Å². The Morgan fingerprint density at radius 3 is 1.18 bits per heavy atom. The molecule has 628 valence electrons. The summed E-state index contributed by atoms with van der Waals surface area (Å²) in [6.45, 7) is 3.51. The largest absolute Gasteiger partial charge is 0.461 e. The van der Waals surface area contributed by atoms with Crippen LogP contribution in [0.3, 0.4) is 0 Å². The number of aromatic nitrogens is 8. The van der Waals surface area contributed by atoms with Crippen molar-refractivity contribution in [1.82, 2.24) is 59.5 Å². The number of amides is 6. The van der Waals surface area contributed by atoms with Gasteiger partial charge in [0.1, 0.15) is 73.1 Å². The first-order chi connectivity index (χ1) is 57.5. The summed E-state index contributed by atoms with van der Waals surface area (Å²) in [6, 6.07) is 23.4. The van der Waals surface area contributed by atoms with Crippen molar-refractivity contribution in [3.63, 3.8) is 0 Å². The zero-order chi connectivity index (χ0) is 88.7. The van der Waals surface area contributed by atoms with Gasteiger partial charge in [0.15, 0.2) is 0 Å². The van der Waals surface area contributed by atoms with Gasteiger partial charge in [0.05, 0.1) is 78.5 Å². The zero-order valence-electron chi connectivity index (χ0n) is 68.6. The number of anilines is 4. The quantitative estimate of drug-likeness (QED) is 0.0264. The number of methoxy groups -OCH3 is 3. The number of nitrogens with zero attached hydrogens (tertiary/aromatic N) is 8. The fraction of sp³-hybridized carbons (Fsp3) is 0.440. The van der Waals surface area contributed by atoms with Crippen molar-refractivity contribution in [2.45, 2.75) is 160 Å². The van der Waals surface area contributed by atoms with Crippen LogP contribution in [-0.4, -0.2) is 203 Å². The lowest BCUT2D eigenvalue weighted by atomic mass is 10.1. The molecule has 11 rings (SSSR count). The third-order valence-corrected chi connectivity index (χ3v) is 17.6. The number of benzene rings is 3. The molecule has 4 aromatic heterocycles. The topological polar surface area (TPSA) is 561 Å². The van der Waals surface area contributed by atoms with E-state index in [1.807, 2.05) is 0 Å². The van der Waals surface area contributed by atoms with Crippen molar-refractivity contribution in [1.29, 1.82) is 0 Å². The van der Waals surface area contributed by atoms with Crippen LogP contribution in [0.5, 0.6) is 0 Å². The highest BCUT2D eigenvalue weighted by Gasteiger charge is 2.40. The minimum atomic E-state index is -1.52. The van der Waals surface area contributed by atoms with Crippen molar-refractivity contribution < 1.29 is 99.8 Å². The molecular weight excluding hydrogens is 1540 g/mol. The monoisotopic (exact) mass is 1650 g/mol. The number of nitrogens with one attached hydrogen (secondary N) is 6. The molecule has 7 unspecified atom stereocenters. The van der Waals surface area contributed by atoms with Crippen molar-refractivity contribution in [2.75, 3.05) is 76.8 Å². The summed E-state index contributed by atoms with van der Waals surface area (Å²) in [5.74, 6) is -2.22. The maximum absolute atomic E-state index is 12.7. The summed E-state index contributed by atoms with van der Waals surface area (Å²) >= 11 is 5.20. The molecule has 15 atom stereocenters. The molecule has 0 spiro atoms. The van der Waals surface area contributed by atoms with E-state index >= 15 is 0 Å². The number of hydrogen-bond donors (Lipinski definition) is 12. The van der Waals surface area contributed by atoms with Crippen molar-refractivity contribution in [3.8, 4) is 0 Å². The highest BCUT2D eigenvalue weighted by Crippen LogP contribution is 2.32. The molecule has 0 radical (unpaired) electrons. The predicted octanol–water partition coefficient (Wildman–Crippen LogP) is 0.821. The van der Waals surface area contributed by atoms with Crippen LogP contribution in [0.25, 0.3) is 0 Å². The second-order valence-electron chi connectivity index (χ2n) is 25.7. The third-order valence-electron chi connectivity index (χ3n) is 17.4. The van der Waals surface area contributed by atoms with Crippen molar-refractivity contribution in [3.05, 3.63) is 197 Å². The molecule has 6 amide bonds. The van der Waals surface area contributed by atoms with Gasteiger partial charge in [-0.05, 0) is 89.0 Å². The van der Waals surface area contributed by atoms with Gasteiger partial charge >= 0.3 is 28.7 Å². The number of esters is 1. The van der Waals surface area contributed by atoms with E-state index in [9.17, 15) is 57.5 Å². The fourth-order valence-corrected chi connectivity index (χ4v) is 11.8. The Balaban J connectivity index is 0.000000250. The number of rotatable bonds is 26. The third kappa shape index (κ3) is 28.3. The molecule has 7 aromatic rings. The number of aliphatic hydroxyl groups is 3. The van der Waals surface area contributed by atoms with Gasteiger partial charge in [-0.2, -0.15) is 19.9 Å². The first-order valence-electron chi connectivity index (χ1n) is 38.7. The average molecular weight is 1650 g/mol. The Kier molecular flexibility index (Phi) is 33.5. The van der Waals surface area contributed by atoms with Crippen LogP contribution < -0.4 is 71.9 Å². The number of aliphatic hydroxyl groups excluding tert-OH is 3. The van der Waals surface area contributed by atoms with Crippen LogP contribution in [0.15, 0.2) is 141 Å². The predicted molar refractivity (Wildman–Crippen MR) is 418 cm³/mol. The van der Waals surface area contributed by atoms with Crippen LogP contribution >= 0.6 is 11.6 Å². The van der Waals surface area contributed by atoms with Crippen LogP contribution in [0.1, 0.15) is 148 Å². The van der Waals surface area contributed by atoms with Gasteiger partial charge in [0, 0.05) is 129 Å². The molecule has 4 aliphatic heterocycles. The number of hydrogen-bond acceptors (Lipinski definition) is 30. The van der Waals surface area contributed by atoms with Crippen LogP contribution in [0, 0.1) is 0 Å². The number of carbonyl (C=O) groups excluding carboxylic acids is 8. The van der Waals surface area contributed by atoms with E-state index in [1.54, 1.807) is 60.7 Å². The molecule has 8 heterocycles. The molecule has 40 nitrogen and oxygen atoms in total. The molecule has 3 aromatic carbocycles. The maximum Gasteiger partial charge on any atom is 0.351 e. The Morgan fingerprint density at radius 2 is 0.862 bits per heavy atom. The molecule has 4 aliphatic rings. The number of ether oxygens (including phenoxy) is 8. The summed E-state index contributed by atoms with van der Waals surface area (Å²) < 4.78 is 90.6. The smallest absolute Gasteiger partial charge is 0.351 e. The zero-order valence-corrected chi connectivity index (χ0v) is 63.3. The van der Waals surface area contributed by atoms with Crippen LogP contribution in [0.2, 0.25) is 0 Å². The SMILES string of the molecule is C.Nc1ccn([C@H]2CC(N)[C@@H](CO)O2)c(=O)n1.O=C(Cl)c1ccc(CO)cc1.[2H]C([3H])OC[C@H]1O[C@@H](n2ccc(N)nc2=O)CC1NC(C)=O.[2H]C([3H])OC[C@H]1O[C@@H](n2ccc(NC(=O)c3ccc(CO)cc3)nc2=O)CC1NC(C)=O.[2H]C([3H])OC[C@H]1O[C@@H](n2ccc(NC(=O)c3ccc(COC(=O)CCC(=O)NC)cc3)nc2=O)CC1NC(C)=O. The standard InChI is InChI=1S/C25H31N5O8.C20H24N4O6.C12H18N4O4.C9H14N4O3.C8H7ClO2.CH4/c1-15(31)27-18-12-22(38-19(18)14-36-3)30-11-10-20(29-25(30)35)28-24(34)17-6-4-16(5-7-17)13-37-23(33)9-8-21(32)26-2;1-12(26)21-15-9-18(30-16(15)11-29-2)24-8-7-17(23-20(24)28)22-19(27)14-5-3-13(10-25)4-6-14;1-7(17)14-8-5-11(20-9(8)6-19-2)16-4-3-10(13)15-12(16)18;10-5-3-8(16-6(5)4-14)13-2-1-7(11)12-9(13)15;9-8(11)7-3-1-6(5-10)2-4-7;/h4-7,10-11,18-19,22H,8-9,12-14H2,1-3H3,(H,26,32)(H,27,31)(H,28,29,34,35);3-8,15-16,18,25H,9-11H2,1-2H3,(H,21,26)(H,22,23,27,28);3-4,8-9,11H,5-6H2,1-2H3,(H,14,17)(H2,13,15,18);1-2,5-6,8,14H,3-4,10H2,(H2,11,12,15);1-4,10H,5H2;1H4/t18?,19-,22-;15?,16-,18-;8?,9-,11-;5?,6-,8-;;/m1111../s1/i3TD;2*2TD;;;/t3?,18?,19-,22-;2?,15?,16-,18-;2?,8?,9-,11-;m;;. The first-order valence-corrected chi connectivity index (χ1v) is 35.6. The highest BCUT2D eigenvalue weighted by molar-refractivity contribution is 6.67. The molecule has 15 N–H and O–H groups in total. The second-order valence-corrected chi connectivity index (χ2v) is 26.1. The van der Waals surface area contributed by atoms with E-state index in [0.29, 0.717) is 35.1 Å². The molecular formula is C75H98ClN17O23. The molecule has 4 fully saturated rings. The van der Waals surface area contributed by atoms with Crippen molar-refractivity contribution in [2.24, 2.45) is 5.73 Å². The van der Waals surface area contributed by atoms with Gasteiger partial charge in [-0.1, -0.05) is 43.8 Å². The average Bonchev–Trinajstić information content (AvgIpc) is 1.66. The van der Waals surface area contributed by atoms with E-state index in [-0.39, 0.29) is 144 Å². The van der Waals surface area contributed by atoms with E-state index in [1.165, 1.54) is 107 Å². The summed E-state index contributed by atoms with van der Waals surface area (Å²) in [5, 5.41) is 41.9. The van der Waals surface area contributed by atoms with Crippen LogP contribution in [0.4, 0.5) is 23.3 Å². The van der Waals surface area contributed by atoms with E-state index < -0.39 is 128 Å². The van der Waals surface area contributed by atoms with Gasteiger partial charge < -0.3 is 102 Å². The summed E-state index contributed by atoms with van der Waals surface area (Å²) in [5.41, 5.74) is 17.3. The summed E-state index contributed by atoms with van der Waals surface area (Å²) in [4.78, 5) is 156. The van der Waals surface area contributed by atoms with E-state index in [0.717, 1.165) is 5.56 Å². The molecule has 4 saturated heterocycles. The van der Waals surface area contributed by atoms with Gasteiger partial charge in [0.25, 0.3) is 17.1 Å². The molecule has 0 aliphatic carbocycles. The van der Waals surface area contributed by atoms with Gasteiger partial charge in [-0.3, -0.25) is 56.6 Å². The summed E-state index contributed by atoms with van der Waals surface area (Å²) in [7, 11) is -2.98. The number of carbonyl (C=O) groups is 8. The first kappa shape index (κ1) is 84.0. The minimum Gasteiger partial charge on any atom is -0.461 e. The van der Waals surface area contributed by atoms with Crippen LogP contribution in [-0.2, 0) is 81.7 Å². The Labute approximate surface area is 678 Å². The lowest BCUT2D eigenvalue weighted by Crippen LogP contribution is -2.41. The Morgan fingerprint density at radius 1 is 0.517 bits per heavy atom. The molecule has 116 heavy (non-hydrogen) atoms. The van der Waals surface area contributed by atoms with Crippen molar-refractivity contribution >= 4 is 81.5 Å². The summed E-state index contributed by atoms with van der Waals surface area (Å²) in [6.07, 6.45) is 2.19. The highest BCUT2D eigenvalue weighted by atomic mass is 35.5. The van der Waals surface area contributed by atoms with E-state index in [4.69, 9.17) is 90.2 Å². The maximum atomic E-state index is 12.7. The second kappa shape index (κ2) is 46.2. The number of halogens is 1. The fourth-order valence-electron chi connectivity index (χ4n) is 11.7. The number of nitrogen functional groups attached to an aromatic ring is 2. The van der Waals surface area contributed by atoms with Gasteiger partial charge in [-0.15, -0.1) is 0 Å². The lowest BCUT2D eigenvalue weighted by Gasteiger charge is -2.17. The molecule has 41 heteroatoms. The molecule has 0 bridgehead atoms. The molecule has 0 saturated carbocycles. The van der Waals surface area contributed by atoms with Gasteiger partial charge in [-0.25, -0.2) is 19.2 Å².